The number of carbonyl (C=O) groups excluding carboxylic acids is 1. The van der Waals surface area contributed by atoms with Crippen molar-refractivity contribution in [3.63, 3.8) is 0 Å². The highest BCUT2D eigenvalue weighted by molar-refractivity contribution is 7.10. The summed E-state index contributed by atoms with van der Waals surface area (Å²) >= 11 is 1.13. The van der Waals surface area contributed by atoms with Crippen molar-refractivity contribution < 1.29 is 14.3 Å². The number of nitrogens with zero attached hydrogens (tertiary/aromatic N) is 2. The predicted molar refractivity (Wildman–Crippen MR) is 92.8 cm³/mol. The van der Waals surface area contributed by atoms with Crippen molar-refractivity contribution in [1.82, 2.24) is 9.36 Å². The lowest BCUT2D eigenvalue weighted by Gasteiger charge is -2.04. The SMILES string of the molecule is COc1cccc(C(=O)Nc2nc(-c3cccc(OC)c3)ns2)c1. The summed E-state index contributed by atoms with van der Waals surface area (Å²) in [6.45, 7) is 0. The topological polar surface area (TPSA) is 73.3 Å². The van der Waals surface area contributed by atoms with Crippen LogP contribution in [0.15, 0.2) is 48.5 Å². The average molecular weight is 341 g/mol. The summed E-state index contributed by atoms with van der Waals surface area (Å²) < 4.78 is 14.6. The number of carbonyl (C=O) groups is 1. The van der Waals surface area contributed by atoms with E-state index in [2.05, 4.69) is 14.7 Å². The Morgan fingerprint density at radius 1 is 1.04 bits per heavy atom. The van der Waals surface area contributed by atoms with Gasteiger partial charge in [-0.15, -0.1) is 0 Å². The third-order valence-corrected chi connectivity index (χ3v) is 3.94. The lowest BCUT2D eigenvalue weighted by Crippen LogP contribution is -2.11. The zero-order valence-electron chi connectivity index (χ0n) is 13.1. The first kappa shape index (κ1) is 15.9. The fourth-order valence-corrected chi connectivity index (χ4v) is 2.67. The van der Waals surface area contributed by atoms with Gasteiger partial charge in [-0.1, -0.05) is 18.2 Å². The minimum Gasteiger partial charge on any atom is -0.497 e. The van der Waals surface area contributed by atoms with Gasteiger partial charge in [-0.3, -0.25) is 10.1 Å². The van der Waals surface area contributed by atoms with Crippen molar-refractivity contribution >= 4 is 22.6 Å². The summed E-state index contributed by atoms with van der Waals surface area (Å²) in [7, 11) is 3.16. The molecule has 0 atom stereocenters. The van der Waals surface area contributed by atoms with Crippen LogP contribution in [-0.4, -0.2) is 29.5 Å². The Labute approximate surface area is 143 Å². The van der Waals surface area contributed by atoms with Gasteiger partial charge in [-0.05, 0) is 30.3 Å². The van der Waals surface area contributed by atoms with Crippen LogP contribution in [0.25, 0.3) is 11.4 Å². The van der Waals surface area contributed by atoms with E-state index in [1.807, 2.05) is 24.3 Å². The number of methoxy groups -OCH3 is 2. The molecule has 0 spiro atoms. The molecule has 3 aromatic rings. The smallest absolute Gasteiger partial charge is 0.257 e. The molecule has 0 aliphatic rings. The van der Waals surface area contributed by atoms with Crippen LogP contribution in [-0.2, 0) is 0 Å². The summed E-state index contributed by atoms with van der Waals surface area (Å²) in [6.07, 6.45) is 0. The fraction of sp³-hybridized carbons (Fsp3) is 0.118. The maximum atomic E-state index is 12.3. The van der Waals surface area contributed by atoms with Crippen LogP contribution in [0.2, 0.25) is 0 Å². The van der Waals surface area contributed by atoms with Crippen LogP contribution in [0.5, 0.6) is 11.5 Å². The second kappa shape index (κ2) is 7.10. The third-order valence-electron chi connectivity index (χ3n) is 3.31. The Hall–Kier alpha value is -2.93. The molecule has 24 heavy (non-hydrogen) atoms. The minimum absolute atomic E-state index is 0.262. The van der Waals surface area contributed by atoms with E-state index in [9.17, 15) is 4.79 Å². The molecular formula is C17H15N3O3S. The number of ether oxygens (including phenoxy) is 2. The van der Waals surface area contributed by atoms with Gasteiger partial charge in [0.15, 0.2) is 5.82 Å². The van der Waals surface area contributed by atoms with Crippen LogP contribution in [0.4, 0.5) is 5.13 Å². The van der Waals surface area contributed by atoms with E-state index in [0.717, 1.165) is 22.8 Å². The normalized spacial score (nSPS) is 10.2. The lowest BCUT2D eigenvalue weighted by molar-refractivity contribution is 0.102. The van der Waals surface area contributed by atoms with Gasteiger partial charge in [-0.2, -0.15) is 9.36 Å². The molecule has 0 saturated heterocycles. The highest BCUT2D eigenvalue weighted by Crippen LogP contribution is 2.25. The Morgan fingerprint density at radius 2 is 1.75 bits per heavy atom. The molecule has 0 bridgehead atoms. The fourth-order valence-electron chi connectivity index (χ4n) is 2.09. The van der Waals surface area contributed by atoms with Crippen molar-refractivity contribution in [2.75, 3.05) is 19.5 Å². The lowest BCUT2D eigenvalue weighted by atomic mass is 10.2. The molecular weight excluding hydrogens is 326 g/mol. The van der Waals surface area contributed by atoms with Gasteiger partial charge in [0.1, 0.15) is 11.5 Å². The van der Waals surface area contributed by atoms with Crippen molar-refractivity contribution in [1.29, 1.82) is 0 Å². The van der Waals surface area contributed by atoms with Gasteiger partial charge in [-0.25, -0.2) is 0 Å². The minimum atomic E-state index is -0.262. The second-order valence-electron chi connectivity index (χ2n) is 4.84. The molecule has 2 aromatic carbocycles. The highest BCUT2D eigenvalue weighted by atomic mass is 32.1. The van der Waals surface area contributed by atoms with E-state index in [1.165, 1.54) is 0 Å². The van der Waals surface area contributed by atoms with Crippen LogP contribution in [0, 0.1) is 0 Å². The van der Waals surface area contributed by atoms with Crippen molar-refractivity contribution in [3.8, 4) is 22.9 Å². The molecule has 6 nitrogen and oxygen atoms in total. The number of anilines is 1. The van der Waals surface area contributed by atoms with E-state index < -0.39 is 0 Å². The van der Waals surface area contributed by atoms with E-state index in [1.54, 1.807) is 38.5 Å². The van der Waals surface area contributed by atoms with Crippen molar-refractivity contribution in [3.05, 3.63) is 54.1 Å². The average Bonchev–Trinajstić information content (AvgIpc) is 3.10. The molecule has 1 aromatic heterocycles. The standard InChI is InChI=1S/C17H15N3O3S/c1-22-13-7-3-5-11(9-13)15-18-17(24-20-15)19-16(21)12-6-4-8-14(10-12)23-2/h3-10H,1-2H3,(H,18,19,20,21). The van der Waals surface area contributed by atoms with Gasteiger partial charge in [0, 0.05) is 22.7 Å². The quantitative estimate of drug-likeness (QED) is 0.769. The molecule has 0 aliphatic heterocycles. The number of nitrogens with one attached hydrogen (secondary N) is 1. The largest absolute Gasteiger partial charge is 0.497 e. The first-order chi connectivity index (χ1) is 11.7. The van der Waals surface area contributed by atoms with Crippen LogP contribution >= 0.6 is 11.5 Å². The summed E-state index contributed by atoms with van der Waals surface area (Å²) in [4.78, 5) is 16.6. The number of aromatic nitrogens is 2. The molecule has 3 rings (SSSR count). The Balaban J connectivity index is 1.77. The molecule has 0 unspecified atom stereocenters. The monoisotopic (exact) mass is 341 g/mol. The maximum Gasteiger partial charge on any atom is 0.257 e. The molecule has 0 radical (unpaired) electrons. The van der Waals surface area contributed by atoms with E-state index in [0.29, 0.717) is 22.3 Å². The summed E-state index contributed by atoms with van der Waals surface area (Å²) in [5.74, 6) is 1.63. The first-order valence-corrected chi connectivity index (χ1v) is 7.90. The Bertz CT molecular complexity index is 864. The summed E-state index contributed by atoms with van der Waals surface area (Å²) in [6, 6.07) is 14.4. The molecule has 0 fully saturated rings. The number of hydrogen-bond acceptors (Lipinski definition) is 6. The van der Waals surface area contributed by atoms with Gasteiger partial charge in [0.2, 0.25) is 5.13 Å². The van der Waals surface area contributed by atoms with Crippen molar-refractivity contribution in [2.45, 2.75) is 0 Å². The molecule has 1 N–H and O–H groups in total. The molecule has 122 valence electrons. The molecule has 0 aliphatic carbocycles. The van der Waals surface area contributed by atoms with Gasteiger partial charge < -0.3 is 9.47 Å². The number of amides is 1. The van der Waals surface area contributed by atoms with Gasteiger partial charge >= 0.3 is 0 Å². The maximum absolute atomic E-state index is 12.3. The zero-order valence-corrected chi connectivity index (χ0v) is 14.0. The highest BCUT2D eigenvalue weighted by Gasteiger charge is 2.12. The van der Waals surface area contributed by atoms with Crippen LogP contribution in [0.1, 0.15) is 10.4 Å². The van der Waals surface area contributed by atoms with Gasteiger partial charge in [0.05, 0.1) is 14.2 Å². The number of hydrogen-bond donors (Lipinski definition) is 1. The Morgan fingerprint density at radius 3 is 2.50 bits per heavy atom. The van der Waals surface area contributed by atoms with Gasteiger partial charge in [0.25, 0.3) is 5.91 Å². The Kier molecular flexibility index (Phi) is 4.72. The molecule has 1 heterocycles. The predicted octanol–water partition coefficient (Wildman–Crippen LogP) is 3.47. The number of rotatable bonds is 5. The first-order valence-electron chi connectivity index (χ1n) is 7.13. The van der Waals surface area contributed by atoms with E-state index in [-0.39, 0.29) is 5.91 Å². The zero-order chi connectivity index (χ0) is 16.9. The van der Waals surface area contributed by atoms with Crippen LogP contribution in [0.3, 0.4) is 0 Å². The van der Waals surface area contributed by atoms with E-state index >= 15 is 0 Å². The molecule has 0 saturated carbocycles. The van der Waals surface area contributed by atoms with E-state index in [4.69, 9.17) is 9.47 Å². The second-order valence-corrected chi connectivity index (χ2v) is 5.59. The summed E-state index contributed by atoms with van der Waals surface area (Å²) in [5.41, 5.74) is 1.32. The third kappa shape index (κ3) is 3.52. The number of benzene rings is 2. The van der Waals surface area contributed by atoms with Crippen LogP contribution < -0.4 is 14.8 Å². The molecule has 7 heteroatoms. The summed E-state index contributed by atoms with van der Waals surface area (Å²) in [5, 5.41) is 3.18. The molecule has 1 amide bonds. The van der Waals surface area contributed by atoms with Crippen molar-refractivity contribution in [2.24, 2.45) is 0 Å².